The standard InChI is InChI=1S/C12H9BrClN3OS/c1-7(18)17-8-2-4-9(5-3-8)19-12-10(13)11(14)15-6-16-12/h2-6H,1H3,(H,17,18). The number of benzene rings is 1. The third-order valence-electron chi connectivity index (χ3n) is 2.10. The van der Waals surface area contributed by atoms with Gasteiger partial charge in [0.05, 0.1) is 4.47 Å². The van der Waals surface area contributed by atoms with E-state index in [0.29, 0.717) is 9.63 Å². The first-order valence-electron chi connectivity index (χ1n) is 5.28. The van der Waals surface area contributed by atoms with Crippen LogP contribution >= 0.6 is 39.3 Å². The van der Waals surface area contributed by atoms with E-state index in [1.807, 2.05) is 24.3 Å². The number of hydrogen-bond donors (Lipinski definition) is 1. The average Bonchev–Trinajstić information content (AvgIpc) is 2.37. The molecular weight excluding hydrogens is 350 g/mol. The molecule has 0 radical (unpaired) electrons. The summed E-state index contributed by atoms with van der Waals surface area (Å²) in [5.41, 5.74) is 0.761. The Morgan fingerprint density at radius 2 is 2.00 bits per heavy atom. The zero-order chi connectivity index (χ0) is 13.8. The van der Waals surface area contributed by atoms with Gasteiger partial charge >= 0.3 is 0 Å². The minimum absolute atomic E-state index is 0.0919. The van der Waals surface area contributed by atoms with Crippen molar-refractivity contribution in [1.29, 1.82) is 0 Å². The fraction of sp³-hybridized carbons (Fsp3) is 0.0833. The minimum Gasteiger partial charge on any atom is -0.326 e. The van der Waals surface area contributed by atoms with Crippen LogP contribution < -0.4 is 5.32 Å². The van der Waals surface area contributed by atoms with Gasteiger partial charge in [-0.2, -0.15) is 0 Å². The summed E-state index contributed by atoms with van der Waals surface area (Å²) in [6.45, 7) is 1.47. The molecule has 1 aromatic heterocycles. The molecule has 0 saturated carbocycles. The zero-order valence-electron chi connectivity index (χ0n) is 9.85. The summed E-state index contributed by atoms with van der Waals surface area (Å²) in [5.74, 6) is -0.0919. The number of aromatic nitrogens is 2. The molecule has 4 nitrogen and oxygen atoms in total. The van der Waals surface area contributed by atoms with Crippen molar-refractivity contribution < 1.29 is 4.79 Å². The van der Waals surface area contributed by atoms with Gasteiger partial charge in [0.1, 0.15) is 16.5 Å². The molecule has 0 saturated heterocycles. The Bertz CT molecular complexity index is 606. The molecule has 98 valence electrons. The van der Waals surface area contributed by atoms with Gasteiger partial charge in [0.25, 0.3) is 0 Å². The van der Waals surface area contributed by atoms with Crippen molar-refractivity contribution in [3.05, 3.63) is 40.2 Å². The van der Waals surface area contributed by atoms with Gasteiger partial charge in [-0.25, -0.2) is 9.97 Å². The van der Waals surface area contributed by atoms with Gasteiger partial charge in [-0.1, -0.05) is 23.4 Å². The normalized spacial score (nSPS) is 10.3. The van der Waals surface area contributed by atoms with Gasteiger partial charge in [-0.15, -0.1) is 0 Å². The minimum atomic E-state index is -0.0919. The maximum atomic E-state index is 10.9. The molecule has 7 heteroatoms. The van der Waals surface area contributed by atoms with E-state index < -0.39 is 0 Å². The lowest BCUT2D eigenvalue weighted by Gasteiger charge is -2.05. The Kier molecular flexibility index (Phi) is 4.79. The number of carbonyl (C=O) groups is 1. The highest BCUT2D eigenvalue weighted by molar-refractivity contribution is 9.10. The highest BCUT2D eigenvalue weighted by Gasteiger charge is 2.08. The van der Waals surface area contributed by atoms with Crippen molar-refractivity contribution in [2.75, 3.05) is 5.32 Å². The second-order valence-corrected chi connectivity index (χ2v) is 5.80. The molecule has 0 fully saturated rings. The first-order valence-corrected chi connectivity index (χ1v) is 7.26. The van der Waals surface area contributed by atoms with E-state index in [-0.39, 0.29) is 5.91 Å². The third kappa shape index (κ3) is 3.92. The van der Waals surface area contributed by atoms with Crippen LogP contribution in [0.5, 0.6) is 0 Å². The molecule has 0 bridgehead atoms. The van der Waals surface area contributed by atoms with Gasteiger partial charge in [-0.05, 0) is 40.2 Å². The maximum absolute atomic E-state index is 10.9. The second kappa shape index (κ2) is 6.36. The fourth-order valence-electron chi connectivity index (χ4n) is 1.33. The van der Waals surface area contributed by atoms with Crippen LogP contribution in [0.1, 0.15) is 6.92 Å². The van der Waals surface area contributed by atoms with Crippen molar-refractivity contribution in [2.24, 2.45) is 0 Å². The lowest BCUT2D eigenvalue weighted by Crippen LogP contribution is -2.05. The number of anilines is 1. The molecule has 2 aromatic rings. The Morgan fingerprint density at radius 1 is 1.32 bits per heavy atom. The monoisotopic (exact) mass is 357 g/mol. The third-order valence-corrected chi connectivity index (χ3v) is 4.64. The van der Waals surface area contributed by atoms with Crippen LogP contribution in [0.25, 0.3) is 0 Å². The Morgan fingerprint density at radius 3 is 2.63 bits per heavy atom. The summed E-state index contributed by atoms with van der Waals surface area (Å²) in [5, 5.41) is 3.84. The summed E-state index contributed by atoms with van der Waals surface area (Å²) in [6, 6.07) is 7.47. The summed E-state index contributed by atoms with van der Waals surface area (Å²) in [4.78, 5) is 19.9. The number of rotatable bonds is 3. The van der Waals surface area contributed by atoms with Crippen molar-refractivity contribution in [1.82, 2.24) is 9.97 Å². The molecule has 2 rings (SSSR count). The molecule has 1 aromatic carbocycles. The number of halogens is 2. The molecule has 1 N–H and O–H groups in total. The molecular formula is C12H9BrClN3OS. The van der Waals surface area contributed by atoms with Crippen molar-refractivity contribution in [3.8, 4) is 0 Å². The van der Waals surface area contributed by atoms with E-state index in [1.165, 1.54) is 25.0 Å². The van der Waals surface area contributed by atoms with E-state index in [0.717, 1.165) is 15.6 Å². The second-order valence-electron chi connectivity index (χ2n) is 3.59. The van der Waals surface area contributed by atoms with Crippen LogP contribution in [-0.4, -0.2) is 15.9 Å². The number of amides is 1. The number of hydrogen-bond acceptors (Lipinski definition) is 4. The van der Waals surface area contributed by atoms with Crippen molar-refractivity contribution in [3.63, 3.8) is 0 Å². The van der Waals surface area contributed by atoms with Gasteiger partial charge in [0.15, 0.2) is 0 Å². The van der Waals surface area contributed by atoms with E-state index in [1.54, 1.807) is 0 Å². The average molecular weight is 359 g/mol. The van der Waals surface area contributed by atoms with Crippen LogP contribution in [0.15, 0.2) is 45.0 Å². The molecule has 0 aliphatic carbocycles. The summed E-state index contributed by atoms with van der Waals surface area (Å²) in [7, 11) is 0. The van der Waals surface area contributed by atoms with Crippen LogP contribution in [0.4, 0.5) is 5.69 Å². The van der Waals surface area contributed by atoms with Gasteiger partial charge in [0, 0.05) is 17.5 Å². The van der Waals surface area contributed by atoms with E-state index in [9.17, 15) is 4.79 Å². The van der Waals surface area contributed by atoms with Gasteiger partial charge in [-0.3, -0.25) is 4.79 Å². The largest absolute Gasteiger partial charge is 0.326 e. The predicted octanol–water partition coefficient (Wildman–Crippen LogP) is 4.00. The van der Waals surface area contributed by atoms with E-state index in [2.05, 4.69) is 31.2 Å². The number of carbonyl (C=O) groups excluding carboxylic acids is 1. The first kappa shape index (κ1) is 14.3. The molecule has 0 atom stereocenters. The van der Waals surface area contributed by atoms with Crippen LogP contribution in [0, 0.1) is 0 Å². The van der Waals surface area contributed by atoms with Crippen LogP contribution in [0.2, 0.25) is 5.15 Å². The smallest absolute Gasteiger partial charge is 0.221 e. The van der Waals surface area contributed by atoms with Crippen LogP contribution in [-0.2, 0) is 4.79 Å². The lowest BCUT2D eigenvalue weighted by molar-refractivity contribution is -0.114. The zero-order valence-corrected chi connectivity index (χ0v) is 13.0. The van der Waals surface area contributed by atoms with E-state index in [4.69, 9.17) is 11.6 Å². The topological polar surface area (TPSA) is 54.9 Å². The fourth-order valence-corrected chi connectivity index (χ4v) is 2.74. The summed E-state index contributed by atoms with van der Waals surface area (Å²) in [6.07, 6.45) is 1.42. The molecule has 0 aliphatic rings. The summed E-state index contributed by atoms with van der Waals surface area (Å²) >= 11 is 10.7. The quantitative estimate of drug-likeness (QED) is 0.843. The Balaban J connectivity index is 2.15. The molecule has 19 heavy (non-hydrogen) atoms. The predicted molar refractivity (Wildman–Crippen MR) is 79.6 cm³/mol. The van der Waals surface area contributed by atoms with Gasteiger partial charge < -0.3 is 5.32 Å². The Hall–Kier alpha value is -1.11. The van der Waals surface area contributed by atoms with E-state index >= 15 is 0 Å². The first-order chi connectivity index (χ1) is 9.06. The lowest BCUT2D eigenvalue weighted by atomic mass is 10.3. The van der Waals surface area contributed by atoms with Crippen molar-refractivity contribution >= 4 is 50.9 Å². The SMILES string of the molecule is CC(=O)Nc1ccc(Sc2ncnc(Cl)c2Br)cc1. The van der Waals surface area contributed by atoms with Crippen LogP contribution in [0.3, 0.4) is 0 Å². The molecule has 0 aliphatic heterocycles. The number of nitrogens with one attached hydrogen (secondary N) is 1. The molecule has 0 unspecified atom stereocenters. The van der Waals surface area contributed by atoms with Crippen molar-refractivity contribution in [2.45, 2.75) is 16.8 Å². The summed E-state index contributed by atoms with van der Waals surface area (Å²) < 4.78 is 0.674. The van der Waals surface area contributed by atoms with Gasteiger partial charge in [0.2, 0.25) is 5.91 Å². The molecule has 1 amide bonds. The molecule has 0 spiro atoms. The highest BCUT2D eigenvalue weighted by Crippen LogP contribution is 2.34. The Labute approximate surface area is 128 Å². The maximum Gasteiger partial charge on any atom is 0.221 e. The number of nitrogens with zero attached hydrogens (tertiary/aromatic N) is 2. The molecule has 1 heterocycles. The highest BCUT2D eigenvalue weighted by atomic mass is 79.9.